The van der Waals surface area contributed by atoms with E-state index in [1.165, 1.54) is 73.6 Å². The van der Waals surface area contributed by atoms with E-state index in [2.05, 4.69) is 59.5 Å². The highest BCUT2D eigenvalue weighted by atomic mass is 32.2. The molecular formula is C33H53NO3S2Si. The van der Waals surface area contributed by atoms with Gasteiger partial charge in [-0.2, -0.15) is 0 Å². The number of sulfone groups is 1. The number of benzene rings is 1. The summed E-state index contributed by atoms with van der Waals surface area (Å²) in [6, 6.07) is 11.3. The van der Waals surface area contributed by atoms with Gasteiger partial charge in [0.1, 0.15) is 0 Å². The number of hydrogen-bond donors (Lipinski definition) is 0. The van der Waals surface area contributed by atoms with Crippen LogP contribution in [0.15, 0.2) is 40.3 Å². The lowest BCUT2D eigenvalue weighted by atomic mass is 9.61. The van der Waals surface area contributed by atoms with Crippen LogP contribution in [0.1, 0.15) is 99.8 Å². The van der Waals surface area contributed by atoms with Gasteiger partial charge >= 0.3 is 0 Å². The van der Waals surface area contributed by atoms with Gasteiger partial charge in [-0.15, -0.1) is 11.3 Å². The lowest BCUT2D eigenvalue weighted by molar-refractivity contribution is 0.0704. The number of thiazole rings is 1. The Kier molecular flexibility index (Phi) is 10.1. The Morgan fingerprint density at radius 1 is 1.18 bits per heavy atom. The molecule has 0 amide bonds. The number of hydrogen-bond acceptors (Lipinski definition) is 5. The minimum Gasteiger partial charge on any atom is -0.412 e. The first-order chi connectivity index (χ1) is 18.9. The van der Waals surface area contributed by atoms with Gasteiger partial charge in [0.2, 0.25) is 14.2 Å². The second kappa shape index (κ2) is 12.7. The molecule has 0 saturated heterocycles. The Hall–Kier alpha value is -1.02. The summed E-state index contributed by atoms with van der Waals surface area (Å²) in [6.45, 7) is 16.6. The number of nitrogens with zero attached hydrogens (tertiary/aromatic N) is 1. The Labute approximate surface area is 249 Å². The normalized spacial score (nSPS) is 25.9. The van der Waals surface area contributed by atoms with Crippen LogP contribution in [0.5, 0.6) is 0 Å². The number of para-hydroxylation sites is 1. The standard InChI is InChI=1S/C33H53NO3S2Si/c1-8-40(9-2,10-3)37-32(5,6)22-13-15-25(4)27-19-20-28-26(16-14-23-33(27,28)7)21-24-39(35,36)31-34-29-17-11-12-18-30(29)38-31/h11-12,17-18,21,25,27-28H,8-10,13-16,19-20,22-24H2,1-7H3/t25-,27-,28+,33-/m1/s1. The minimum absolute atomic E-state index is 0.0361. The summed E-state index contributed by atoms with van der Waals surface area (Å²) in [5, 5.41) is 0. The molecule has 0 aliphatic heterocycles. The first-order valence-electron chi connectivity index (χ1n) is 15.9. The molecule has 4 atom stereocenters. The zero-order valence-corrected chi connectivity index (χ0v) is 28.7. The fraction of sp³-hybridized carbons (Fsp3) is 0.727. The van der Waals surface area contributed by atoms with E-state index in [9.17, 15) is 8.42 Å². The van der Waals surface area contributed by atoms with Crippen LogP contribution in [0.3, 0.4) is 0 Å². The van der Waals surface area contributed by atoms with Gasteiger partial charge in [-0.1, -0.05) is 71.2 Å². The molecule has 1 aromatic carbocycles. The van der Waals surface area contributed by atoms with Crippen molar-refractivity contribution in [2.24, 2.45) is 23.2 Å². The first-order valence-corrected chi connectivity index (χ1v) is 20.9. The van der Waals surface area contributed by atoms with E-state index in [0.29, 0.717) is 17.8 Å². The SMILES string of the molecule is CC[Si](CC)(CC)OC(C)(C)CCC[C@@H](C)[C@H]1CC[C@H]2C(=CCS(=O)(=O)c3nc4ccccc4s3)CCC[C@]12C. The van der Waals surface area contributed by atoms with Gasteiger partial charge < -0.3 is 4.43 Å². The third-order valence-electron chi connectivity index (χ3n) is 10.7. The molecule has 4 rings (SSSR count). The summed E-state index contributed by atoms with van der Waals surface area (Å²) >= 11 is 1.29. The van der Waals surface area contributed by atoms with E-state index in [1.807, 2.05) is 24.3 Å². The van der Waals surface area contributed by atoms with Crippen molar-refractivity contribution in [3.05, 3.63) is 35.9 Å². The second-order valence-corrected chi connectivity index (χ2v) is 21.5. The monoisotopic (exact) mass is 603 g/mol. The van der Waals surface area contributed by atoms with Crippen LogP contribution in [0.2, 0.25) is 18.1 Å². The highest BCUT2D eigenvalue weighted by Gasteiger charge is 2.50. The molecular weight excluding hydrogens is 551 g/mol. The third kappa shape index (κ3) is 6.79. The van der Waals surface area contributed by atoms with Crippen LogP contribution in [-0.2, 0) is 14.3 Å². The molecule has 224 valence electrons. The predicted molar refractivity (Wildman–Crippen MR) is 173 cm³/mol. The van der Waals surface area contributed by atoms with E-state index < -0.39 is 18.2 Å². The molecule has 0 radical (unpaired) electrons. The van der Waals surface area contributed by atoms with Crippen molar-refractivity contribution in [3.63, 3.8) is 0 Å². The predicted octanol–water partition coefficient (Wildman–Crippen LogP) is 9.82. The van der Waals surface area contributed by atoms with Crippen molar-refractivity contribution in [2.45, 2.75) is 128 Å². The largest absolute Gasteiger partial charge is 0.412 e. The molecule has 0 unspecified atom stereocenters. The molecule has 7 heteroatoms. The maximum absolute atomic E-state index is 13.2. The lowest BCUT2D eigenvalue weighted by Crippen LogP contribution is -2.44. The van der Waals surface area contributed by atoms with E-state index in [0.717, 1.165) is 23.1 Å². The molecule has 2 aliphatic rings. The van der Waals surface area contributed by atoms with Crippen LogP contribution in [0.25, 0.3) is 10.2 Å². The van der Waals surface area contributed by atoms with E-state index >= 15 is 0 Å². The van der Waals surface area contributed by atoms with Gasteiger partial charge in [0.25, 0.3) is 0 Å². The Bertz CT molecular complexity index is 1240. The maximum Gasteiger partial charge on any atom is 0.210 e. The summed E-state index contributed by atoms with van der Waals surface area (Å²) in [6.07, 6.45) is 11.6. The summed E-state index contributed by atoms with van der Waals surface area (Å²) in [4.78, 5) is 4.44. The van der Waals surface area contributed by atoms with Gasteiger partial charge in [-0.3, -0.25) is 0 Å². The number of aromatic nitrogens is 1. The fourth-order valence-electron chi connectivity index (χ4n) is 8.19. The van der Waals surface area contributed by atoms with E-state index in [4.69, 9.17) is 4.43 Å². The second-order valence-electron chi connectivity index (χ2n) is 13.6. The lowest BCUT2D eigenvalue weighted by Gasteiger charge is -2.44. The molecule has 0 bridgehead atoms. The highest BCUT2D eigenvalue weighted by Crippen LogP contribution is 2.60. The zero-order chi connectivity index (χ0) is 29.2. The summed E-state index contributed by atoms with van der Waals surface area (Å²) in [5.74, 6) is 1.98. The van der Waals surface area contributed by atoms with Crippen molar-refractivity contribution in [1.29, 1.82) is 0 Å². The van der Waals surface area contributed by atoms with Crippen molar-refractivity contribution in [1.82, 2.24) is 4.98 Å². The van der Waals surface area contributed by atoms with E-state index in [-0.39, 0.29) is 21.1 Å². The summed E-state index contributed by atoms with van der Waals surface area (Å²) in [5.41, 5.74) is 2.41. The quantitative estimate of drug-likeness (QED) is 0.169. The van der Waals surface area contributed by atoms with Crippen molar-refractivity contribution < 1.29 is 12.8 Å². The van der Waals surface area contributed by atoms with Crippen LogP contribution in [0, 0.1) is 23.2 Å². The Morgan fingerprint density at radius 2 is 1.88 bits per heavy atom. The molecule has 2 fully saturated rings. The highest BCUT2D eigenvalue weighted by molar-refractivity contribution is 7.93. The number of fused-ring (bicyclic) bond motifs is 2. The molecule has 2 aliphatic carbocycles. The third-order valence-corrected chi connectivity index (χ3v) is 18.6. The molecule has 2 aromatic rings. The maximum atomic E-state index is 13.2. The molecule has 2 saturated carbocycles. The topological polar surface area (TPSA) is 56.3 Å². The zero-order valence-electron chi connectivity index (χ0n) is 26.1. The summed E-state index contributed by atoms with van der Waals surface area (Å²) in [7, 11) is -5.03. The molecule has 1 heterocycles. The van der Waals surface area contributed by atoms with Crippen molar-refractivity contribution >= 4 is 39.7 Å². The molecule has 1 aromatic heterocycles. The first kappa shape index (κ1) is 31.9. The van der Waals surface area contributed by atoms with Crippen LogP contribution < -0.4 is 0 Å². The van der Waals surface area contributed by atoms with Crippen molar-refractivity contribution in [3.8, 4) is 0 Å². The van der Waals surface area contributed by atoms with Gasteiger partial charge in [-0.25, -0.2) is 13.4 Å². The van der Waals surface area contributed by atoms with Gasteiger partial charge in [0.05, 0.1) is 21.6 Å². The average Bonchev–Trinajstić information content (AvgIpc) is 3.52. The molecule has 0 spiro atoms. The molecule has 0 N–H and O–H groups in total. The molecule has 40 heavy (non-hydrogen) atoms. The summed E-state index contributed by atoms with van der Waals surface area (Å²) < 4.78 is 34.5. The van der Waals surface area contributed by atoms with Crippen molar-refractivity contribution in [2.75, 3.05) is 5.75 Å². The number of rotatable bonds is 13. The van der Waals surface area contributed by atoms with Crippen LogP contribution in [0.4, 0.5) is 0 Å². The smallest absolute Gasteiger partial charge is 0.210 e. The minimum atomic E-state index is -3.42. The number of allylic oxidation sites excluding steroid dienone is 1. The van der Waals surface area contributed by atoms with Gasteiger partial charge in [0.15, 0.2) is 8.32 Å². The van der Waals surface area contributed by atoms with Crippen LogP contribution >= 0.6 is 11.3 Å². The average molecular weight is 604 g/mol. The van der Waals surface area contributed by atoms with Crippen LogP contribution in [-0.4, -0.2) is 33.1 Å². The van der Waals surface area contributed by atoms with Gasteiger partial charge in [-0.05, 0) is 106 Å². The van der Waals surface area contributed by atoms with Gasteiger partial charge in [0, 0.05) is 0 Å². The van der Waals surface area contributed by atoms with E-state index in [1.54, 1.807) is 0 Å². The fourth-order valence-corrected chi connectivity index (χ4v) is 13.9. The molecule has 4 nitrogen and oxygen atoms in total. The Morgan fingerprint density at radius 3 is 2.55 bits per heavy atom. The Balaban J connectivity index is 1.38.